The molecule has 0 bridgehead atoms. The van der Waals surface area contributed by atoms with E-state index in [1.54, 1.807) is 18.4 Å². The predicted octanol–water partition coefficient (Wildman–Crippen LogP) is 2.65. The molecule has 1 heterocycles. The summed E-state index contributed by atoms with van der Waals surface area (Å²) >= 11 is 1.59. The number of fused-ring (bicyclic) bond motifs is 1. The van der Waals surface area contributed by atoms with Crippen LogP contribution in [0, 0.1) is 0 Å². The number of rotatable bonds is 3. The molecule has 20 heavy (non-hydrogen) atoms. The number of hydrogen-bond donors (Lipinski definition) is 0. The molecule has 0 saturated heterocycles. The molecular formula is C15H21NO3S. The highest BCUT2D eigenvalue weighted by Crippen LogP contribution is 2.29. The second-order valence-corrected chi connectivity index (χ2v) is 6.35. The molecule has 0 atom stereocenters. The average Bonchev–Trinajstić information content (AvgIpc) is 2.80. The quantitative estimate of drug-likeness (QED) is 0.805. The fourth-order valence-electron chi connectivity index (χ4n) is 2.47. The number of hydrogen-bond acceptors (Lipinski definition) is 4. The Bertz CT molecular complexity index is 470. The van der Waals surface area contributed by atoms with E-state index in [4.69, 9.17) is 0 Å². The molecule has 2 rings (SSSR count). The highest BCUT2D eigenvalue weighted by Gasteiger charge is 2.20. The minimum Gasteiger partial charge on any atom is -0.468 e. The van der Waals surface area contributed by atoms with Crippen LogP contribution in [-0.4, -0.2) is 37.5 Å². The van der Waals surface area contributed by atoms with Crippen molar-refractivity contribution in [1.82, 2.24) is 4.90 Å². The number of carbonyl (C=O) groups is 2. The van der Waals surface area contributed by atoms with Gasteiger partial charge in [0, 0.05) is 11.9 Å². The summed E-state index contributed by atoms with van der Waals surface area (Å²) in [5.74, 6) is -0.483. The van der Waals surface area contributed by atoms with Gasteiger partial charge in [-0.15, -0.1) is 11.3 Å². The van der Waals surface area contributed by atoms with Crippen LogP contribution in [0.4, 0.5) is 0 Å². The van der Waals surface area contributed by atoms with Crippen LogP contribution in [0.25, 0.3) is 0 Å². The van der Waals surface area contributed by atoms with Crippen molar-refractivity contribution in [3.05, 3.63) is 21.4 Å². The number of carbonyl (C=O) groups excluding carboxylic acids is 2. The molecular weight excluding hydrogens is 274 g/mol. The van der Waals surface area contributed by atoms with Crippen LogP contribution in [0.15, 0.2) is 6.07 Å². The molecule has 1 amide bonds. The van der Waals surface area contributed by atoms with Crippen LogP contribution in [-0.2, 0) is 22.4 Å². The second-order valence-electron chi connectivity index (χ2n) is 5.21. The smallest absolute Gasteiger partial charge is 0.325 e. The largest absolute Gasteiger partial charge is 0.468 e. The van der Waals surface area contributed by atoms with Crippen LogP contribution in [0.2, 0.25) is 0 Å². The third-order valence-corrected chi connectivity index (χ3v) is 4.87. The summed E-state index contributed by atoms with van der Waals surface area (Å²) in [4.78, 5) is 27.1. The van der Waals surface area contributed by atoms with Crippen molar-refractivity contribution in [1.29, 1.82) is 0 Å². The van der Waals surface area contributed by atoms with Crippen molar-refractivity contribution in [3.8, 4) is 0 Å². The van der Waals surface area contributed by atoms with E-state index in [0.29, 0.717) is 0 Å². The molecule has 0 aromatic carbocycles. The first kappa shape index (κ1) is 15.0. The molecule has 5 heteroatoms. The van der Waals surface area contributed by atoms with E-state index in [9.17, 15) is 9.59 Å². The Hall–Kier alpha value is -1.36. The Morgan fingerprint density at radius 1 is 1.25 bits per heavy atom. The van der Waals surface area contributed by atoms with Crippen molar-refractivity contribution in [2.24, 2.45) is 0 Å². The Labute approximate surface area is 123 Å². The van der Waals surface area contributed by atoms with Gasteiger partial charge in [0.1, 0.15) is 6.54 Å². The van der Waals surface area contributed by atoms with E-state index in [1.165, 1.54) is 48.1 Å². The molecule has 1 aliphatic rings. The standard InChI is InChI=1S/C15H21NO3S/c1-16(10-14(17)19-2)15(18)13-9-11-7-5-3-4-6-8-12(11)20-13/h9H,3-8,10H2,1-2H3. The maximum absolute atomic E-state index is 12.3. The molecule has 0 radical (unpaired) electrons. The minimum absolute atomic E-state index is 0.00208. The molecule has 0 spiro atoms. The van der Waals surface area contributed by atoms with Gasteiger partial charge in [0.2, 0.25) is 0 Å². The van der Waals surface area contributed by atoms with Gasteiger partial charge in [-0.05, 0) is 37.3 Å². The summed E-state index contributed by atoms with van der Waals surface area (Å²) in [6, 6.07) is 2.02. The zero-order chi connectivity index (χ0) is 14.5. The highest BCUT2D eigenvalue weighted by atomic mass is 32.1. The van der Waals surface area contributed by atoms with Gasteiger partial charge in [-0.25, -0.2) is 0 Å². The van der Waals surface area contributed by atoms with Crippen molar-refractivity contribution in [2.75, 3.05) is 20.7 Å². The van der Waals surface area contributed by atoms with Crippen LogP contribution in [0.3, 0.4) is 0 Å². The zero-order valence-corrected chi connectivity index (χ0v) is 12.9. The van der Waals surface area contributed by atoms with Crippen LogP contribution in [0.5, 0.6) is 0 Å². The normalized spacial score (nSPS) is 14.9. The molecule has 1 aliphatic carbocycles. The predicted molar refractivity (Wildman–Crippen MR) is 79.2 cm³/mol. The van der Waals surface area contributed by atoms with E-state index in [1.807, 2.05) is 6.07 Å². The first-order valence-electron chi connectivity index (χ1n) is 7.05. The number of likely N-dealkylation sites (N-methyl/N-ethyl adjacent to an activating group) is 1. The van der Waals surface area contributed by atoms with Gasteiger partial charge >= 0.3 is 5.97 Å². The number of esters is 1. The second kappa shape index (κ2) is 6.88. The zero-order valence-electron chi connectivity index (χ0n) is 12.1. The van der Waals surface area contributed by atoms with Crippen molar-refractivity contribution < 1.29 is 14.3 Å². The lowest BCUT2D eigenvalue weighted by molar-refractivity contribution is -0.141. The molecule has 0 N–H and O–H groups in total. The van der Waals surface area contributed by atoms with Gasteiger partial charge in [-0.2, -0.15) is 0 Å². The summed E-state index contributed by atoms with van der Waals surface area (Å²) in [7, 11) is 2.97. The van der Waals surface area contributed by atoms with Gasteiger partial charge in [0.15, 0.2) is 0 Å². The molecule has 4 nitrogen and oxygen atoms in total. The number of nitrogens with zero attached hydrogens (tertiary/aromatic N) is 1. The van der Waals surface area contributed by atoms with E-state index in [-0.39, 0.29) is 12.5 Å². The lowest BCUT2D eigenvalue weighted by Gasteiger charge is -2.14. The SMILES string of the molecule is COC(=O)CN(C)C(=O)c1cc2c(s1)CCCCCC2. The maximum atomic E-state index is 12.3. The van der Waals surface area contributed by atoms with E-state index < -0.39 is 5.97 Å². The van der Waals surface area contributed by atoms with Crippen molar-refractivity contribution in [3.63, 3.8) is 0 Å². The summed E-state index contributed by atoms with van der Waals surface area (Å²) in [5.41, 5.74) is 1.32. The number of methoxy groups -OCH3 is 1. The van der Waals surface area contributed by atoms with Crippen LogP contribution in [0.1, 0.15) is 45.8 Å². The summed E-state index contributed by atoms with van der Waals surface area (Å²) in [6.07, 6.45) is 7.12. The Kier molecular flexibility index (Phi) is 5.17. The maximum Gasteiger partial charge on any atom is 0.325 e. The first-order chi connectivity index (χ1) is 9.61. The topological polar surface area (TPSA) is 46.6 Å². The molecule has 0 saturated carbocycles. The van der Waals surface area contributed by atoms with E-state index in [0.717, 1.165) is 17.7 Å². The summed E-state index contributed by atoms with van der Waals surface area (Å²) in [6.45, 7) is -0.00208. The van der Waals surface area contributed by atoms with Gasteiger partial charge in [-0.3, -0.25) is 9.59 Å². The Morgan fingerprint density at radius 2 is 1.95 bits per heavy atom. The molecule has 1 aromatic rings. The highest BCUT2D eigenvalue weighted by molar-refractivity contribution is 7.14. The van der Waals surface area contributed by atoms with E-state index >= 15 is 0 Å². The summed E-state index contributed by atoms with van der Waals surface area (Å²) in [5, 5.41) is 0. The molecule has 0 fully saturated rings. The fraction of sp³-hybridized carbons (Fsp3) is 0.600. The first-order valence-corrected chi connectivity index (χ1v) is 7.87. The van der Waals surface area contributed by atoms with Crippen molar-refractivity contribution >= 4 is 23.2 Å². The summed E-state index contributed by atoms with van der Waals surface area (Å²) < 4.78 is 4.59. The Balaban J connectivity index is 2.10. The minimum atomic E-state index is -0.393. The molecule has 110 valence electrons. The van der Waals surface area contributed by atoms with Crippen molar-refractivity contribution in [2.45, 2.75) is 38.5 Å². The number of aryl methyl sites for hydroxylation is 2. The third-order valence-electron chi connectivity index (χ3n) is 3.65. The third kappa shape index (κ3) is 3.60. The Morgan fingerprint density at radius 3 is 2.65 bits per heavy atom. The monoisotopic (exact) mass is 295 g/mol. The van der Waals surface area contributed by atoms with E-state index in [2.05, 4.69) is 4.74 Å². The molecule has 0 aliphatic heterocycles. The number of ether oxygens (including phenoxy) is 1. The average molecular weight is 295 g/mol. The van der Waals surface area contributed by atoms with Gasteiger partial charge in [0.25, 0.3) is 5.91 Å². The molecule has 1 aromatic heterocycles. The lowest BCUT2D eigenvalue weighted by Crippen LogP contribution is -2.32. The van der Waals surface area contributed by atoms with Crippen LogP contribution < -0.4 is 0 Å². The van der Waals surface area contributed by atoms with Gasteiger partial charge in [0.05, 0.1) is 12.0 Å². The number of amides is 1. The lowest BCUT2D eigenvalue weighted by atomic mass is 10.00. The van der Waals surface area contributed by atoms with Gasteiger partial charge in [-0.1, -0.05) is 12.8 Å². The fourth-order valence-corrected chi connectivity index (χ4v) is 3.72. The van der Waals surface area contributed by atoms with Gasteiger partial charge < -0.3 is 9.64 Å². The van der Waals surface area contributed by atoms with Crippen LogP contribution >= 0.6 is 11.3 Å². The number of thiophene rings is 1. The molecule has 0 unspecified atom stereocenters.